The molecule has 0 aliphatic heterocycles. The molecule has 0 saturated carbocycles. The lowest BCUT2D eigenvalue weighted by molar-refractivity contribution is -0.119. The van der Waals surface area contributed by atoms with Gasteiger partial charge in [-0.2, -0.15) is 0 Å². The van der Waals surface area contributed by atoms with E-state index in [0.29, 0.717) is 5.56 Å². The van der Waals surface area contributed by atoms with Gasteiger partial charge in [-0.1, -0.05) is 30.3 Å². The highest BCUT2D eigenvalue weighted by Crippen LogP contribution is 2.21. The molecule has 0 radical (unpaired) electrons. The molecular weight excluding hydrogens is 332 g/mol. The molecule has 4 N–H and O–H groups in total. The van der Waals surface area contributed by atoms with E-state index in [0.717, 1.165) is 0 Å². The van der Waals surface area contributed by atoms with E-state index in [1.807, 2.05) is 5.32 Å². The number of nitrogens with two attached hydrogens (primary N) is 1. The summed E-state index contributed by atoms with van der Waals surface area (Å²) in [4.78, 5) is 22.2. The molecule has 0 bridgehead atoms. The van der Waals surface area contributed by atoms with Gasteiger partial charge in [0.2, 0.25) is 15.7 Å². The van der Waals surface area contributed by atoms with Crippen LogP contribution in [0.25, 0.3) is 0 Å². The van der Waals surface area contributed by atoms with Crippen molar-refractivity contribution in [2.45, 2.75) is 22.3 Å². The highest BCUT2D eigenvalue weighted by atomic mass is 32.2. The molecular formula is C16H16N2O5S. The fraction of sp³-hybridized carbons (Fsp3) is 0.125. The Morgan fingerprint density at radius 1 is 1.00 bits per heavy atom. The van der Waals surface area contributed by atoms with Gasteiger partial charge in [0.25, 0.3) is 0 Å². The molecule has 126 valence electrons. The molecule has 0 fully saturated rings. The number of carbonyl (C=O) groups is 2. The highest BCUT2D eigenvalue weighted by Gasteiger charge is 2.20. The lowest BCUT2D eigenvalue weighted by Crippen LogP contribution is -2.45. The van der Waals surface area contributed by atoms with Crippen molar-refractivity contribution in [1.82, 2.24) is 5.32 Å². The van der Waals surface area contributed by atoms with Gasteiger partial charge in [0.1, 0.15) is 6.04 Å². The van der Waals surface area contributed by atoms with Gasteiger partial charge in [-0.25, -0.2) is 13.2 Å². The number of rotatable bonds is 6. The quantitative estimate of drug-likeness (QED) is 0.722. The molecule has 7 nitrogen and oxygen atoms in total. The minimum absolute atomic E-state index is 0.0350. The molecule has 0 spiro atoms. The number of carbonyl (C=O) groups excluding carboxylic acids is 1. The Labute approximate surface area is 139 Å². The third-order valence-electron chi connectivity index (χ3n) is 3.37. The SMILES string of the molecule is NC(=O)C(Cc1ccc(S(=O)(=O)c2ccccc2)cc1)NC(=O)O. The Balaban J connectivity index is 2.22. The van der Waals surface area contributed by atoms with Crippen LogP contribution in [-0.2, 0) is 21.1 Å². The molecule has 0 aromatic heterocycles. The summed E-state index contributed by atoms with van der Waals surface area (Å²) in [6.45, 7) is 0. The van der Waals surface area contributed by atoms with Crippen LogP contribution in [0, 0.1) is 0 Å². The number of carboxylic acid groups (broad SMARTS) is 1. The van der Waals surface area contributed by atoms with Crippen LogP contribution in [0.4, 0.5) is 4.79 Å². The summed E-state index contributed by atoms with van der Waals surface area (Å²) in [5.41, 5.74) is 5.73. The number of sulfone groups is 1. The van der Waals surface area contributed by atoms with E-state index < -0.39 is 27.9 Å². The van der Waals surface area contributed by atoms with Crippen LogP contribution in [0.2, 0.25) is 0 Å². The van der Waals surface area contributed by atoms with Crippen LogP contribution in [0.15, 0.2) is 64.4 Å². The molecule has 24 heavy (non-hydrogen) atoms. The normalized spacial score (nSPS) is 12.3. The van der Waals surface area contributed by atoms with Gasteiger partial charge < -0.3 is 16.2 Å². The second-order valence-corrected chi connectivity index (χ2v) is 7.02. The fourth-order valence-electron chi connectivity index (χ4n) is 2.15. The molecule has 2 rings (SSSR count). The first-order chi connectivity index (χ1) is 11.3. The molecule has 0 aliphatic carbocycles. The molecule has 1 atom stereocenters. The van der Waals surface area contributed by atoms with E-state index in [9.17, 15) is 18.0 Å². The summed E-state index contributed by atoms with van der Waals surface area (Å²) in [6.07, 6.45) is -1.32. The molecule has 0 heterocycles. The predicted molar refractivity (Wildman–Crippen MR) is 86.2 cm³/mol. The number of nitrogens with one attached hydrogen (secondary N) is 1. The fourth-order valence-corrected chi connectivity index (χ4v) is 3.43. The van der Waals surface area contributed by atoms with Crippen LogP contribution >= 0.6 is 0 Å². The Kier molecular flexibility index (Phi) is 5.20. The zero-order valence-corrected chi connectivity index (χ0v) is 13.4. The predicted octanol–water partition coefficient (Wildman–Crippen LogP) is 1.18. The van der Waals surface area contributed by atoms with E-state index >= 15 is 0 Å². The van der Waals surface area contributed by atoms with Crippen molar-refractivity contribution in [3.63, 3.8) is 0 Å². The summed E-state index contributed by atoms with van der Waals surface area (Å²) < 4.78 is 24.9. The maximum absolute atomic E-state index is 12.5. The van der Waals surface area contributed by atoms with Crippen LogP contribution in [0.3, 0.4) is 0 Å². The monoisotopic (exact) mass is 348 g/mol. The van der Waals surface area contributed by atoms with Crippen molar-refractivity contribution in [2.75, 3.05) is 0 Å². The summed E-state index contributed by atoms with van der Waals surface area (Å²) in [5.74, 6) is -0.807. The van der Waals surface area contributed by atoms with Crippen LogP contribution < -0.4 is 11.1 Å². The van der Waals surface area contributed by atoms with Crippen LogP contribution in [0.1, 0.15) is 5.56 Å². The van der Waals surface area contributed by atoms with Gasteiger partial charge in [-0.3, -0.25) is 4.79 Å². The van der Waals surface area contributed by atoms with E-state index in [2.05, 4.69) is 0 Å². The molecule has 2 amide bonds. The largest absolute Gasteiger partial charge is 0.465 e. The molecule has 1 unspecified atom stereocenters. The minimum atomic E-state index is -3.62. The minimum Gasteiger partial charge on any atom is -0.465 e. The third kappa shape index (κ3) is 4.11. The van der Waals surface area contributed by atoms with Crippen molar-refractivity contribution in [3.8, 4) is 0 Å². The summed E-state index contributed by atoms with van der Waals surface area (Å²) >= 11 is 0. The van der Waals surface area contributed by atoms with Crippen LogP contribution in [-0.4, -0.2) is 31.6 Å². The number of amides is 2. The Hall–Kier alpha value is -2.87. The molecule has 0 aliphatic rings. The zero-order valence-electron chi connectivity index (χ0n) is 12.5. The topological polar surface area (TPSA) is 127 Å². The average Bonchev–Trinajstić information content (AvgIpc) is 2.55. The Morgan fingerprint density at radius 2 is 1.54 bits per heavy atom. The Morgan fingerprint density at radius 3 is 2.04 bits per heavy atom. The lowest BCUT2D eigenvalue weighted by atomic mass is 10.1. The molecule has 2 aromatic rings. The van der Waals surface area contributed by atoms with Crippen LogP contribution in [0.5, 0.6) is 0 Å². The summed E-state index contributed by atoms with van der Waals surface area (Å²) in [5, 5.41) is 10.7. The number of benzene rings is 2. The van der Waals surface area contributed by atoms with E-state index in [4.69, 9.17) is 10.8 Å². The second kappa shape index (κ2) is 7.14. The van der Waals surface area contributed by atoms with E-state index in [-0.39, 0.29) is 16.2 Å². The highest BCUT2D eigenvalue weighted by molar-refractivity contribution is 7.91. The van der Waals surface area contributed by atoms with Gasteiger partial charge in [-0.05, 0) is 29.8 Å². The molecule has 8 heteroatoms. The number of hydrogen-bond donors (Lipinski definition) is 3. The number of primary amides is 1. The van der Waals surface area contributed by atoms with Gasteiger partial charge in [-0.15, -0.1) is 0 Å². The maximum Gasteiger partial charge on any atom is 0.405 e. The zero-order chi connectivity index (χ0) is 17.7. The van der Waals surface area contributed by atoms with Crippen molar-refractivity contribution in [1.29, 1.82) is 0 Å². The first-order valence-corrected chi connectivity index (χ1v) is 8.47. The van der Waals surface area contributed by atoms with E-state index in [1.54, 1.807) is 18.2 Å². The van der Waals surface area contributed by atoms with Gasteiger partial charge in [0.15, 0.2) is 0 Å². The summed E-state index contributed by atoms with van der Waals surface area (Å²) in [7, 11) is -3.62. The smallest absolute Gasteiger partial charge is 0.405 e. The Bertz CT molecular complexity index is 833. The molecule has 2 aromatic carbocycles. The van der Waals surface area contributed by atoms with Crippen molar-refractivity contribution >= 4 is 21.8 Å². The van der Waals surface area contributed by atoms with Crippen molar-refractivity contribution in [3.05, 3.63) is 60.2 Å². The first kappa shape index (κ1) is 17.5. The van der Waals surface area contributed by atoms with Gasteiger partial charge in [0.05, 0.1) is 9.79 Å². The van der Waals surface area contributed by atoms with Gasteiger partial charge >= 0.3 is 6.09 Å². The third-order valence-corrected chi connectivity index (χ3v) is 5.15. The maximum atomic E-state index is 12.5. The summed E-state index contributed by atoms with van der Waals surface area (Å²) in [6, 6.07) is 12.8. The van der Waals surface area contributed by atoms with E-state index in [1.165, 1.54) is 36.4 Å². The standard InChI is InChI=1S/C16H16N2O5S/c17-15(19)14(18-16(20)21)10-11-6-8-13(9-7-11)24(22,23)12-4-2-1-3-5-12/h1-9,14,18H,10H2,(H2,17,19)(H,20,21). The lowest BCUT2D eigenvalue weighted by Gasteiger charge is -2.13. The number of hydrogen-bond acceptors (Lipinski definition) is 4. The first-order valence-electron chi connectivity index (χ1n) is 6.98. The second-order valence-electron chi connectivity index (χ2n) is 5.07. The van der Waals surface area contributed by atoms with Gasteiger partial charge in [0, 0.05) is 6.42 Å². The molecule has 0 saturated heterocycles. The van der Waals surface area contributed by atoms with Crippen molar-refractivity contribution < 1.29 is 23.1 Å². The average molecular weight is 348 g/mol. The van der Waals surface area contributed by atoms with Crippen molar-refractivity contribution in [2.24, 2.45) is 5.73 Å².